The van der Waals surface area contributed by atoms with Crippen LogP contribution in [0.4, 0.5) is 0 Å². The molecule has 0 radical (unpaired) electrons. The quantitative estimate of drug-likeness (QED) is 0.592. The second kappa shape index (κ2) is 7.94. The molecule has 0 aliphatic heterocycles. The highest BCUT2D eigenvalue weighted by molar-refractivity contribution is 7.98. The summed E-state index contributed by atoms with van der Waals surface area (Å²) >= 11 is 1.51. The summed E-state index contributed by atoms with van der Waals surface area (Å²) < 4.78 is 0. The van der Waals surface area contributed by atoms with Gasteiger partial charge < -0.3 is 15.7 Å². The molecule has 3 N–H and O–H groups in total. The van der Waals surface area contributed by atoms with Gasteiger partial charge in [-0.15, -0.1) is 0 Å². The average Bonchev–Trinajstić information content (AvgIpc) is 2.22. The lowest BCUT2D eigenvalue weighted by molar-refractivity contribution is -0.142. The monoisotopic (exact) mass is 262 g/mol. The average molecular weight is 262 g/mol. The van der Waals surface area contributed by atoms with E-state index in [1.165, 1.54) is 25.6 Å². The number of carboxylic acid groups (broad SMARTS) is 1. The number of hydrogen-bond donors (Lipinski definition) is 3. The molecule has 0 aliphatic rings. The zero-order valence-corrected chi connectivity index (χ0v) is 11.0. The molecule has 0 aliphatic carbocycles. The van der Waals surface area contributed by atoms with Gasteiger partial charge in [0.25, 0.3) is 0 Å². The Hall–Kier alpha value is -1.24. The van der Waals surface area contributed by atoms with E-state index in [0.29, 0.717) is 12.2 Å². The van der Waals surface area contributed by atoms with Crippen LogP contribution in [0, 0.1) is 0 Å². The molecule has 17 heavy (non-hydrogen) atoms. The number of rotatable bonds is 7. The molecule has 0 spiro atoms. The maximum absolute atomic E-state index is 11.6. The van der Waals surface area contributed by atoms with Crippen LogP contribution in [0.25, 0.3) is 0 Å². The van der Waals surface area contributed by atoms with Gasteiger partial charge in [-0.3, -0.25) is 9.59 Å². The molecule has 0 aromatic rings. The molecule has 2 atom stereocenters. The van der Waals surface area contributed by atoms with Crippen LogP contribution in [-0.4, -0.2) is 47.0 Å². The van der Waals surface area contributed by atoms with Gasteiger partial charge in [0.15, 0.2) is 0 Å². The van der Waals surface area contributed by atoms with Gasteiger partial charge in [0.2, 0.25) is 11.8 Å². The molecule has 0 unspecified atom stereocenters. The van der Waals surface area contributed by atoms with Gasteiger partial charge in [-0.1, -0.05) is 0 Å². The van der Waals surface area contributed by atoms with Crippen molar-refractivity contribution in [2.24, 2.45) is 0 Å². The van der Waals surface area contributed by atoms with Gasteiger partial charge in [-0.25, -0.2) is 4.79 Å². The van der Waals surface area contributed by atoms with E-state index < -0.39 is 24.0 Å². The third kappa shape index (κ3) is 6.83. The molecule has 0 saturated heterocycles. The number of amides is 2. The zero-order valence-electron chi connectivity index (χ0n) is 10.1. The largest absolute Gasteiger partial charge is 0.480 e. The van der Waals surface area contributed by atoms with E-state index in [9.17, 15) is 14.4 Å². The molecule has 0 fully saturated rings. The van der Waals surface area contributed by atoms with Crippen molar-refractivity contribution < 1.29 is 19.5 Å². The number of aliphatic carboxylic acids is 1. The molecule has 2 amide bonds. The predicted molar refractivity (Wildman–Crippen MR) is 65.8 cm³/mol. The fraction of sp³-hybridized carbons (Fsp3) is 0.700. The van der Waals surface area contributed by atoms with E-state index >= 15 is 0 Å². The summed E-state index contributed by atoms with van der Waals surface area (Å²) in [6.07, 6.45) is 2.22. The Bertz CT molecular complexity index is 296. The highest BCUT2D eigenvalue weighted by Gasteiger charge is 2.22. The first-order valence-corrected chi connectivity index (χ1v) is 6.57. The Balaban J connectivity index is 4.29. The maximum Gasteiger partial charge on any atom is 0.326 e. The van der Waals surface area contributed by atoms with Crippen molar-refractivity contribution in [1.29, 1.82) is 0 Å². The molecule has 0 heterocycles. The standard InChI is InChI=1S/C10H18N2O4S/c1-6(11-7(2)13)9(14)12-8(10(15)16)4-5-17-3/h6,8H,4-5H2,1-3H3,(H,11,13)(H,12,14)(H,15,16)/t6-,8-/m0/s1. The lowest BCUT2D eigenvalue weighted by Crippen LogP contribution is -2.50. The van der Waals surface area contributed by atoms with E-state index in [0.717, 1.165) is 0 Å². The molecule has 0 saturated carbocycles. The van der Waals surface area contributed by atoms with Crippen LogP contribution in [0.2, 0.25) is 0 Å². The van der Waals surface area contributed by atoms with Crippen molar-refractivity contribution in [3.63, 3.8) is 0 Å². The van der Waals surface area contributed by atoms with Crippen LogP contribution in [0.15, 0.2) is 0 Å². The topological polar surface area (TPSA) is 95.5 Å². The summed E-state index contributed by atoms with van der Waals surface area (Å²) in [5.41, 5.74) is 0. The molecule has 0 rings (SSSR count). The minimum Gasteiger partial charge on any atom is -0.480 e. The van der Waals surface area contributed by atoms with Crippen molar-refractivity contribution >= 4 is 29.5 Å². The van der Waals surface area contributed by atoms with Crippen LogP contribution in [-0.2, 0) is 14.4 Å². The SMILES string of the molecule is CSCC[C@H](NC(=O)[C@H](C)NC(C)=O)C(=O)O. The number of carbonyl (C=O) groups is 3. The zero-order chi connectivity index (χ0) is 13.4. The van der Waals surface area contributed by atoms with Crippen molar-refractivity contribution in [1.82, 2.24) is 10.6 Å². The van der Waals surface area contributed by atoms with Crippen molar-refractivity contribution in [3.05, 3.63) is 0 Å². The fourth-order valence-electron chi connectivity index (χ4n) is 1.16. The first-order valence-electron chi connectivity index (χ1n) is 5.17. The number of carboxylic acids is 1. The van der Waals surface area contributed by atoms with Crippen molar-refractivity contribution in [2.75, 3.05) is 12.0 Å². The van der Waals surface area contributed by atoms with E-state index in [4.69, 9.17) is 5.11 Å². The third-order valence-electron chi connectivity index (χ3n) is 2.04. The summed E-state index contributed by atoms with van der Waals surface area (Å²) in [4.78, 5) is 33.2. The van der Waals surface area contributed by atoms with Gasteiger partial charge in [0.1, 0.15) is 12.1 Å². The first kappa shape index (κ1) is 15.8. The van der Waals surface area contributed by atoms with E-state index in [-0.39, 0.29) is 5.91 Å². The summed E-state index contributed by atoms with van der Waals surface area (Å²) in [6, 6.07) is -1.64. The molecule has 0 aromatic heterocycles. The van der Waals surface area contributed by atoms with Crippen LogP contribution in [0.1, 0.15) is 20.3 Å². The summed E-state index contributed by atoms with van der Waals surface area (Å²) in [5.74, 6) is -1.24. The smallest absolute Gasteiger partial charge is 0.326 e. The minimum absolute atomic E-state index is 0.330. The molecule has 0 aromatic carbocycles. The maximum atomic E-state index is 11.6. The van der Waals surface area contributed by atoms with Crippen LogP contribution in [0.3, 0.4) is 0 Å². The predicted octanol–water partition coefficient (Wildman–Crippen LogP) is -0.166. The van der Waals surface area contributed by atoms with Crippen LogP contribution < -0.4 is 10.6 Å². The molecule has 7 heteroatoms. The van der Waals surface area contributed by atoms with Gasteiger partial charge in [-0.2, -0.15) is 11.8 Å². The Morgan fingerprint density at radius 2 is 1.88 bits per heavy atom. The summed E-state index contributed by atoms with van der Waals surface area (Å²) in [7, 11) is 0. The molecular weight excluding hydrogens is 244 g/mol. The Labute approximate surface area is 105 Å². The second-order valence-electron chi connectivity index (χ2n) is 3.60. The first-order chi connectivity index (χ1) is 7.88. The number of carbonyl (C=O) groups excluding carboxylic acids is 2. The lowest BCUT2D eigenvalue weighted by atomic mass is 10.2. The Kier molecular flexibility index (Phi) is 7.36. The highest BCUT2D eigenvalue weighted by Crippen LogP contribution is 2.01. The molecule has 6 nitrogen and oxygen atoms in total. The fourth-order valence-corrected chi connectivity index (χ4v) is 1.63. The number of thioether (sulfide) groups is 1. The van der Waals surface area contributed by atoms with E-state index in [1.807, 2.05) is 6.26 Å². The molecule has 98 valence electrons. The highest BCUT2D eigenvalue weighted by atomic mass is 32.2. The third-order valence-corrected chi connectivity index (χ3v) is 2.68. The Morgan fingerprint density at radius 3 is 2.29 bits per heavy atom. The molecular formula is C10H18N2O4S. The number of nitrogens with one attached hydrogen (secondary N) is 2. The number of hydrogen-bond acceptors (Lipinski definition) is 4. The van der Waals surface area contributed by atoms with Crippen LogP contribution in [0.5, 0.6) is 0 Å². The second-order valence-corrected chi connectivity index (χ2v) is 4.59. The lowest BCUT2D eigenvalue weighted by Gasteiger charge is -2.17. The van der Waals surface area contributed by atoms with Gasteiger partial charge >= 0.3 is 5.97 Å². The van der Waals surface area contributed by atoms with Crippen LogP contribution >= 0.6 is 11.8 Å². The summed E-state index contributed by atoms with van der Waals surface area (Å²) in [6.45, 7) is 2.80. The van der Waals surface area contributed by atoms with E-state index in [2.05, 4.69) is 10.6 Å². The van der Waals surface area contributed by atoms with Crippen molar-refractivity contribution in [2.45, 2.75) is 32.4 Å². The normalized spacial score (nSPS) is 13.6. The van der Waals surface area contributed by atoms with Crippen molar-refractivity contribution in [3.8, 4) is 0 Å². The van der Waals surface area contributed by atoms with Gasteiger partial charge in [0.05, 0.1) is 0 Å². The Morgan fingerprint density at radius 1 is 1.29 bits per heavy atom. The van der Waals surface area contributed by atoms with E-state index in [1.54, 1.807) is 0 Å². The minimum atomic E-state index is -1.07. The van der Waals surface area contributed by atoms with Gasteiger partial charge in [0, 0.05) is 6.92 Å². The van der Waals surface area contributed by atoms with Gasteiger partial charge in [-0.05, 0) is 25.4 Å². The summed E-state index contributed by atoms with van der Waals surface area (Å²) in [5, 5.41) is 13.7. The molecule has 0 bridgehead atoms.